The van der Waals surface area contributed by atoms with Crippen molar-refractivity contribution in [3.63, 3.8) is 0 Å². The maximum Gasteiger partial charge on any atom is 0.253 e. The number of carbonyl (C=O) groups is 1. The predicted molar refractivity (Wildman–Crippen MR) is 106 cm³/mol. The standard InChI is InChI=1S/C18H27N3O4S.ClH/c1-14-3-4-16(18(22)20-6-5-15(13-20)12-19-2)11-17(14)26(23,24)21-7-9-25-10-8-21;/h3-4,11,15,19H,5-10,12-13H2,1-2H3;1H. The number of rotatable bonds is 5. The zero-order valence-electron chi connectivity index (χ0n) is 15.8. The van der Waals surface area contributed by atoms with E-state index in [0.717, 1.165) is 13.0 Å². The van der Waals surface area contributed by atoms with Gasteiger partial charge in [-0.1, -0.05) is 6.07 Å². The van der Waals surface area contributed by atoms with Gasteiger partial charge in [0.25, 0.3) is 5.91 Å². The molecule has 0 bridgehead atoms. The monoisotopic (exact) mass is 417 g/mol. The first-order valence-electron chi connectivity index (χ1n) is 9.06. The van der Waals surface area contributed by atoms with E-state index < -0.39 is 10.0 Å². The number of carbonyl (C=O) groups excluding carboxylic acids is 1. The summed E-state index contributed by atoms with van der Waals surface area (Å²) in [7, 11) is -1.71. The summed E-state index contributed by atoms with van der Waals surface area (Å²) in [6.07, 6.45) is 0.970. The minimum Gasteiger partial charge on any atom is -0.379 e. The van der Waals surface area contributed by atoms with E-state index in [1.807, 2.05) is 11.9 Å². The second kappa shape index (κ2) is 9.34. The highest BCUT2D eigenvalue weighted by Gasteiger charge is 2.30. The summed E-state index contributed by atoms with van der Waals surface area (Å²) in [6.45, 7) is 5.56. The molecule has 2 saturated heterocycles. The quantitative estimate of drug-likeness (QED) is 0.776. The van der Waals surface area contributed by atoms with Crippen molar-refractivity contribution in [2.24, 2.45) is 5.92 Å². The van der Waals surface area contributed by atoms with Gasteiger partial charge in [-0.05, 0) is 50.6 Å². The second-order valence-electron chi connectivity index (χ2n) is 6.96. The topological polar surface area (TPSA) is 79.0 Å². The highest BCUT2D eigenvalue weighted by molar-refractivity contribution is 7.89. The molecule has 1 aromatic carbocycles. The molecule has 2 aliphatic heterocycles. The average Bonchev–Trinajstić information content (AvgIpc) is 3.11. The first kappa shape index (κ1) is 22.1. The lowest BCUT2D eigenvalue weighted by Gasteiger charge is -2.27. The summed E-state index contributed by atoms with van der Waals surface area (Å²) in [5, 5.41) is 3.15. The van der Waals surface area contributed by atoms with Crippen LogP contribution in [0.5, 0.6) is 0 Å². The molecule has 1 atom stereocenters. The van der Waals surface area contributed by atoms with Crippen LogP contribution in [0.15, 0.2) is 23.1 Å². The molecule has 1 unspecified atom stereocenters. The Labute approximate surface area is 167 Å². The molecular formula is C18H28ClN3O4S. The smallest absolute Gasteiger partial charge is 0.253 e. The summed E-state index contributed by atoms with van der Waals surface area (Å²) in [5.74, 6) is 0.355. The van der Waals surface area contributed by atoms with Crippen molar-refractivity contribution in [3.05, 3.63) is 29.3 Å². The van der Waals surface area contributed by atoms with E-state index in [-0.39, 0.29) is 23.2 Å². The number of benzene rings is 1. The zero-order valence-corrected chi connectivity index (χ0v) is 17.4. The molecule has 0 saturated carbocycles. The average molecular weight is 418 g/mol. The van der Waals surface area contributed by atoms with Crippen LogP contribution in [-0.4, -0.2) is 76.5 Å². The molecule has 0 spiro atoms. The van der Waals surface area contributed by atoms with E-state index in [1.54, 1.807) is 19.1 Å². The minimum absolute atomic E-state index is 0. The Morgan fingerprint density at radius 2 is 1.96 bits per heavy atom. The van der Waals surface area contributed by atoms with Gasteiger partial charge in [0.05, 0.1) is 18.1 Å². The summed E-state index contributed by atoms with van der Waals surface area (Å²) < 4.78 is 32.6. The van der Waals surface area contributed by atoms with Gasteiger partial charge in [0.1, 0.15) is 0 Å². The highest BCUT2D eigenvalue weighted by Crippen LogP contribution is 2.24. The van der Waals surface area contributed by atoms with Gasteiger partial charge in [0, 0.05) is 31.7 Å². The third-order valence-electron chi connectivity index (χ3n) is 5.09. The number of morpholine rings is 1. The van der Waals surface area contributed by atoms with Crippen LogP contribution in [0.2, 0.25) is 0 Å². The number of aryl methyl sites for hydroxylation is 1. The summed E-state index contributed by atoms with van der Waals surface area (Å²) >= 11 is 0. The number of nitrogens with one attached hydrogen (secondary N) is 1. The number of hydrogen-bond acceptors (Lipinski definition) is 5. The first-order chi connectivity index (χ1) is 12.4. The Balaban J connectivity index is 0.00000261. The van der Waals surface area contributed by atoms with Crippen molar-refractivity contribution in [2.45, 2.75) is 18.2 Å². The number of halogens is 1. The molecule has 0 aromatic heterocycles. The number of ether oxygens (including phenoxy) is 1. The third kappa shape index (κ3) is 4.81. The van der Waals surface area contributed by atoms with Gasteiger partial charge in [-0.3, -0.25) is 4.79 Å². The molecule has 2 heterocycles. The molecule has 9 heteroatoms. The Bertz CT molecular complexity index is 766. The van der Waals surface area contributed by atoms with Gasteiger partial charge >= 0.3 is 0 Å². The molecule has 2 fully saturated rings. The van der Waals surface area contributed by atoms with E-state index in [2.05, 4.69) is 5.32 Å². The van der Waals surface area contributed by atoms with Crippen LogP contribution in [0, 0.1) is 12.8 Å². The molecule has 2 aliphatic rings. The fourth-order valence-electron chi connectivity index (χ4n) is 3.59. The maximum atomic E-state index is 13.0. The number of nitrogens with zero attached hydrogens (tertiary/aromatic N) is 2. The SMILES string of the molecule is CNCC1CCN(C(=O)c2ccc(C)c(S(=O)(=O)N3CCOCC3)c2)C1.Cl. The van der Waals surface area contributed by atoms with Crippen LogP contribution >= 0.6 is 12.4 Å². The van der Waals surface area contributed by atoms with E-state index in [4.69, 9.17) is 4.74 Å². The van der Waals surface area contributed by atoms with E-state index >= 15 is 0 Å². The molecule has 7 nitrogen and oxygen atoms in total. The lowest BCUT2D eigenvalue weighted by atomic mass is 10.1. The molecule has 1 amide bonds. The van der Waals surface area contributed by atoms with E-state index in [0.29, 0.717) is 56.4 Å². The van der Waals surface area contributed by atoms with Crippen molar-refractivity contribution in [3.8, 4) is 0 Å². The van der Waals surface area contributed by atoms with Gasteiger partial charge in [-0.15, -0.1) is 12.4 Å². The van der Waals surface area contributed by atoms with Crippen LogP contribution in [-0.2, 0) is 14.8 Å². The van der Waals surface area contributed by atoms with E-state index in [1.165, 1.54) is 10.4 Å². The normalized spacial score (nSPS) is 21.1. The van der Waals surface area contributed by atoms with Crippen molar-refractivity contribution >= 4 is 28.3 Å². The number of sulfonamides is 1. The van der Waals surface area contributed by atoms with Crippen LogP contribution in [0.3, 0.4) is 0 Å². The van der Waals surface area contributed by atoms with Crippen molar-refractivity contribution in [1.82, 2.24) is 14.5 Å². The Morgan fingerprint density at radius 1 is 1.26 bits per heavy atom. The Hall–Kier alpha value is -1.19. The first-order valence-corrected chi connectivity index (χ1v) is 10.5. The van der Waals surface area contributed by atoms with Gasteiger partial charge in [-0.25, -0.2) is 8.42 Å². The van der Waals surface area contributed by atoms with Crippen LogP contribution in [0.1, 0.15) is 22.3 Å². The van der Waals surface area contributed by atoms with Crippen LogP contribution < -0.4 is 5.32 Å². The lowest BCUT2D eigenvalue weighted by molar-refractivity contribution is 0.0730. The van der Waals surface area contributed by atoms with Gasteiger partial charge in [-0.2, -0.15) is 4.31 Å². The van der Waals surface area contributed by atoms with E-state index in [9.17, 15) is 13.2 Å². The number of amides is 1. The fourth-order valence-corrected chi connectivity index (χ4v) is 5.25. The summed E-state index contributed by atoms with van der Waals surface area (Å²) in [6, 6.07) is 4.98. The molecule has 1 aromatic rings. The molecule has 3 rings (SSSR count). The Kier molecular flexibility index (Phi) is 7.64. The molecule has 27 heavy (non-hydrogen) atoms. The minimum atomic E-state index is -3.62. The maximum absolute atomic E-state index is 13.0. The number of likely N-dealkylation sites (tertiary alicyclic amines) is 1. The van der Waals surface area contributed by atoms with Crippen molar-refractivity contribution in [1.29, 1.82) is 0 Å². The summed E-state index contributed by atoms with van der Waals surface area (Å²) in [5.41, 5.74) is 1.09. The van der Waals surface area contributed by atoms with Crippen LogP contribution in [0.4, 0.5) is 0 Å². The van der Waals surface area contributed by atoms with Crippen molar-refractivity contribution in [2.75, 3.05) is 53.0 Å². The highest BCUT2D eigenvalue weighted by atomic mass is 35.5. The van der Waals surface area contributed by atoms with Crippen LogP contribution in [0.25, 0.3) is 0 Å². The second-order valence-corrected chi connectivity index (χ2v) is 8.87. The summed E-state index contributed by atoms with van der Waals surface area (Å²) in [4.78, 5) is 14.9. The predicted octanol–water partition coefficient (Wildman–Crippen LogP) is 1.12. The number of hydrogen-bond donors (Lipinski definition) is 1. The molecule has 0 radical (unpaired) electrons. The fraction of sp³-hybridized carbons (Fsp3) is 0.611. The van der Waals surface area contributed by atoms with Gasteiger partial charge in [0.15, 0.2) is 0 Å². The molecular weight excluding hydrogens is 390 g/mol. The van der Waals surface area contributed by atoms with Gasteiger partial charge in [0.2, 0.25) is 10.0 Å². The molecule has 1 N–H and O–H groups in total. The van der Waals surface area contributed by atoms with Crippen molar-refractivity contribution < 1.29 is 17.9 Å². The Morgan fingerprint density at radius 3 is 2.63 bits per heavy atom. The third-order valence-corrected chi connectivity index (χ3v) is 7.13. The molecule has 152 valence electrons. The largest absolute Gasteiger partial charge is 0.379 e. The molecule has 0 aliphatic carbocycles. The lowest BCUT2D eigenvalue weighted by Crippen LogP contribution is -2.41. The van der Waals surface area contributed by atoms with Gasteiger partial charge < -0.3 is 15.0 Å². The zero-order chi connectivity index (χ0) is 18.7.